The van der Waals surface area contributed by atoms with Crippen molar-refractivity contribution in [2.24, 2.45) is 7.05 Å². The van der Waals surface area contributed by atoms with Crippen molar-refractivity contribution in [1.82, 2.24) is 29.6 Å². The number of anilines is 2. The molecule has 1 aliphatic carbocycles. The Kier molecular flexibility index (Phi) is 5.73. The number of hydrogen-bond acceptors (Lipinski definition) is 7. The van der Waals surface area contributed by atoms with Crippen LogP contribution in [0.1, 0.15) is 40.2 Å². The molecule has 4 aromatic rings. The Bertz CT molecular complexity index is 1460. The summed E-state index contributed by atoms with van der Waals surface area (Å²) in [5.74, 6) is 0.692. The minimum Gasteiger partial charge on any atom is -0.368 e. The van der Waals surface area contributed by atoms with Crippen molar-refractivity contribution >= 4 is 28.4 Å². The summed E-state index contributed by atoms with van der Waals surface area (Å²) in [6.07, 6.45) is 9.12. The molecule has 184 valence electrons. The van der Waals surface area contributed by atoms with Gasteiger partial charge in [0, 0.05) is 57.7 Å². The van der Waals surface area contributed by atoms with E-state index >= 15 is 0 Å². The van der Waals surface area contributed by atoms with E-state index in [1.807, 2.05) is 24.4 Å². The summed E-state index contributed by atoms with van der Waals surface area (Å²) in [4.78, 5) is 41.4. The number of carbonyl (C=O) groups excluding carboxylic acids is 1. The number of aromatic nitrogens is 5. The normalized spacial score (nSPS) is 16.4. The third-order valence-corrected chi connectivity index (χ3v) is 6.90. The Hall–Kier alpha value is -4.05. The van der Waals surface area contributed by atoms with Gasteiger partial charge >= 0.3 is 0 Å². The lowest BCUT2D eigenvalue weighted by Crippen LogP contribution is -2.46. The average Bonchev–Trinajstić information content (AvgIpc) is 3.63. The molecule has 1 amide bonds. The summed E-state index contributed by atoms with van der Waals surface area (Å²) in [5.41, 5.74) is 5.19. The van der Waals surface area contributed by atoms with Crippen molar-refractivity contribution in [1.29, 1.82) is 0 Å². The highest BCUT2D eigenvalue weighted by molar-refractivity contribution is 6.03. The topological polar surface area (TPSA) is 112 Å². The van der Waals surface area contributed by atoms with E-state index in [0.29, 0.717) is 17.3 Å². The summed E-state index contributed by atoms with van der Waals surface area (Å²) in [7, 11) is 1.77. The average molecular weight is 485 g/mol. The van der Waals surface area contributed by atoms with Crippen LogP contribution < -0.4 is 15.8 Å². The highest BCUT2D eigenvalue weighted by atomic mass is 16.1. The van der Waals surface area contributed by atoms with Gasteiger partial charge in [0.1, 0.15) is 5.82 Å². The van der Waals surface area contributed by atoms with Crippen molar-refractivity contribution < 1.29 is 4.79 Å². The number of aryl methyl sites for hydroxylation is 1. The van der Waals surface area contributed by atoms with Crippen LogP contribution in [0.3, 0.4) is 0 Å². The predicted molar refractivity (Wildman–Crippen MR) is 137 cm³/mol. The lowest BCUT2D eigenvalue weighted by atomic mass is 10.1. The number of piperazine rings is 1. The van der Waals surface area contributed by atoms with Crippen LogP contribution in [0.15, 0.2) is 53.8 Å². The van der Waals surface area contributed by atoms with Crippen molar-refractivity contribution in [3.63, 3.8) is 0 Å². The Morgan fingerprint density at radius 2 is 1.92 bits per heavy atom. The van der Waals surface area contributed by atoms with Crippen LogP contribution in [0.25, 0.3) is 11.0 Å². The third kappa shape index (κ3) is 4.72. The monoisotopic (exact) mass is 484 g/mol. The third-order valence-electron chi connectivity index (χ3n) is 6.90. The smallest absolute Gasteiger partial charge is 0.260 e. The van der Waals surface area contributed by atoms with Gasteiger partial charge in [0.15, 0.2) is 0 Å². The molecule has 2 N–H and O–H groups in total. The van der Waals surface area contributed by atoms with Crippen LogP contribution in [-0.4, -0.2) is 61.7 Å². The summed E-state index contributed by atoms with van der Waals surface area (Å²) >= 11 is 0. The first kappa shape index (κ1) is 22.4. The zero-order chi connectivity index (χ0) is 24.6. The number of rotatable bonds is 6. The molecule has 36 heavy (non-hydrogen) atoms. The number of H-pyrrole nitrogens is 1. The quantitative estimate of drug-likeness (QED) is 0.432. The van der Waals surface area contributed by atoms with E-state index in [9.17, 15) is 9.59 Å². The van der Waals surface area contributed by atoms with Crippen LogP contribution in [0.5, 0.6) is 0 Å². The van der Waals surface area contributed by atoms with Crippen LogP contribution in [0.2, 0.25) is 0 Å². The molecular weight excluding hydrogens is 456 g/mol. The second-order valence-electron chi connectivity index (χ2n) is 9.63. The van der Waals surface area contributed by atoms with Gasteiger partial charge < -0.3 is 15.2 Å². The zero-order valence-corrected chi connectivity index (χ0v) is 20.1. The van der Waals surface area contributed by atoms with Gasteiger partial charge in [0.2, 0.25) is 0 Å². The fourth-order valence-electron chi connectivity index (χ4n) is 4.72. The lowest BCUT2D eigenvalue weighted by molar-refractivity contribution is 0.102. The van der Waals surface area contributed by atoms with Gasteiger partial charge in [-0.25, -0.2) is 4.98 Å². The Morgan fingerprint density at radius 3 is 2.61 bits per heavy atom. The van der Waals surface area contributed by atoms with E-state index in [4.69, 9.17) is 0 Å². The van der Waals surface area contributed by atoms with Crippen LogP contribution in [0, 0.1) is 0 Å². The molecule has 1 aliphatic heterocycles. The Morgan fingerprint density at radius 1 is 1.08 bits per heavy atom. The molecule has 2 fully saturated rings. The summed E-state index contributed by atoms with van der Waals surface area (Å²) in [6, 6.07) is 7.82. The first-order valence-electron chi connectivity index (χ1n) is 12.3. The molecule has 0 atom stereocenters. The van der Waals surface area contributed by atoms with Crippen LogP contribution >= 0.6 is 0 Å². The van der Waals surface area contributed by atoms with Gasteiger partial charge in [0.05, 0.1) is 34.7 Å². The number of nitrogens with one attached hydrogen (secondary N) is 2. The Labute approximate surface area is 208 Å². The molecule has 10 heteroatoms. The Balaban J connectivity index is 1.04. The first-order valence-corrected chi connectivity index (χ1v) is 12.3. The molecule has 1 saturated heterocycles. The number of amides is 1. The molecular formula is C26H28N8O2. The molecule has 4 aromatic heterocycles. The number of aromatic amines is 1. The van der Waals surface area contributed by atoms with E-state index in [2.05, 4.69) is 41.2 Å². The fourth-order valence-corrected chi connectivity index (χ4v) is 4.72. The standard InChI is InChI=1S/C26H28N8O2/c1-32-16-19(13-29-32)25(35)31-24-5-4-20(14-28-24)34-8-6-33(7-9-34)15-17-10-23-22(27-12-17)11-21(18-2-3-18)26(36)30-23/h4-5,10-14,16,18H,2-3,6-9,15H2,1H3,(H,30,36)(H,28,31,35). The molecule has 5 heterocycles. The molecule has 2 aliphatic rings. The minimum atomic E-state index is -0.229. The fraction of sp³-hybridized carbons (Fsp3) is 0.346. The summed E-state index contributed by atoms with van der Waals surface area (Å²) in [5, 5.41) is 6.83. The van der Waals surface area contributed by atoms with Gasteiger partial charge in [-0.2, -0.15) is 5.10 Å². The van der Waals surface area contributed by atoms with E-state index in [1.54, 1.807) is 24.1 Å². The van der Waals surface area contributed by atoms with Crippen molar-refractivity contribution in [2.45, 2.75) is 25.3 Å². The minimum absolute atomic E-state index is 0.0221. The number of nitrogens with zero attached hydrogens (tertiary/aromatic N) is 6. The van der Waals surface area contributed by atoms with Crippen molar-refractivity contribution in [3.05, 3.63) is 76.1 Å². The predicted octanol–water partition coefficient (Wildman–Crippen LogP) is 2.50. The van der Waals surface area contributed by atoms with Gasteiger partial charge in [-0.15, -0.1) is 0 Å². The summed E-state index contributed by atoms with van der Waals surface area (Å²) < 4.78 is 1.59. The second kappa shape index (κ2) is 9.19. The molecule has 1 saturated carbocycles. The molecule has 0 spiro atoms. The zero-order valence-electron chi connectivity index (χ0n) is 20.1. The first-order chi connectivity index (χ1) is 17.5. The number of fused-ring (bicyclic) bond motifs is 1. The number of carbonyl (C=O) groups is 1. The maximum Gasteiger partial charge on any atom is 0.260 e. The maximum atomic E-state index is 12.4. The van der Waals surface area contributed by atoms with Gasteiger partial charge in [-0.1, -0.05) is 0 Å². The van der Waals surface area contributed by atoms with Gasteiger partial charge in [-0.3, -0.25) is 24.2 Å². The molecule has 6 rings (SSSR count). The van der Waals surface area contributed by atoms with Crippen molar-refractivity contribution in [3.8, 4) is 0 Å². The second-order valence-corrected chi connectivity index (χ2v) is 9.63. The highest BCUT2D eigenvalue weighted by Crippen LogP contribution is 2.38. The molecule has 0 aromatic carbocycles. The van der Waals surface area contributed by atoms with Crippen molar-refractivity contribution in [2.75, 3.05) is 36.4 Å². The summed E-state index contributed by atoms with van der Waals surface area (Å²) in [6.45, 7) is 4.38. The molecule has 0 unspecified atom stereocenters. The van der Waals surface area contributed by atoms with E-state index < -0.39 is 0 Å². The number of hydrogen-bond donors (Lipinski definition) is 2. The van der Waals surface area contributed by atoms with E-state index in [0.717, 1.165) is 73.4 Å². The largest absolute Gasteiger partial charge is 0.368 e. The molecule has 0 radical (unpaired) electrons. The maximum absolute atomic E-state index is 12.4. The van der Waals surface area contributed by atoms with Gasteiger partial charge in [0.25, 0.3) is 11.5 Å². The lowest BCUT2D eigenvalue weighted by Gasteiger charge is -2.36. The molecule has 0 bridgehead atoms. The molecule has 10 nitrogen and oxygen atoms in total. The van der Waals surface area contributed by atoms with E-state index in [1.165, 1.54) is 6.20 Å². The van der Waals surface area contributed by atoms with Crippen LogP contribution in [0.4, 0.5) is 11.5 Å². The highest BCUT2D eigenvalue weighted by Gasteiger charge is 2.26. The van der Waals surface area contributed by atoms with E-state index in [-0.39, 0.29) is 11.5 Å². The van der Waals surface area contributed by atoms with Gasteiger partial charge in [-0.05, 0) is 48.6 Å². The SMILES string of the molecule is Cn1cc(C(=O)Nc2ccc(N3CCN(Cc4cnc5cc(C6CC6)c(=O)[nH]c5c4)CC3)cn2)cn1. The van der Waals surface area contributed by atoms with Crippen LogP contribution in [-0.2, 0) is 13.6 Å². The number of pyridine rings is 3.